The van der Waals surface area contributed by atoms with Gasteiger partial charge in [0, 0.05) is 124 Å². The smallest absolute Gasteiger partial charge is 0.480 e. The maximum Gasteiger partial charge on any atom is 0.488 e. The number of esters is 2. The summed E-state index contributed by atoms with van der Waals surface area (Å²) in [6, 6.07) is 15.1. The predicted molar refractivity (Wildman–Crippen MR) is 476 cm³/mol. The summed E-state index contributed by atoms with van der Waals surface area (Å²) in [6.45, 7) is 5.94. The molecule has 0 aliphatic carbocycles. The van der Waals surface area contributed by atoms with Crippen LogP contribution in [0.15, 0.2) is 166 Å². The standard InChI is InChI=1S/C20H15ClF4N2O2S.C13H12BrFN2O2S.C11H10BrNO3S.C9H6BrNO3S.C7H5BClF3O2.C7H4BrNOS.C4H7BrO2.C4H8FN.ClH/c21-15-2-1-11(7-14(15)20(23,24)25)13-10-30-16-4-6-27(19(29)18(13)16)9-17(28)26-5-3-12(22)8-26;14-9-7-20-10-2-4-17(13(19)12(9)10)6-11(18)16-3-1-8(15)5-16;1-2-16-9(14)5-13-4-3-8-10(11(13)15)7(12)6-17-8;10-5-4-15-6-1-2-11(3-7(12)13)9(14)8(5)6;9-6-2-1-4(8(13)14)3-5(6)7(10,11)12;8-4-3-11-5-1-2-9-7(10)6(4)5;1-2-7-4(6)3-5;5-4-1-2-6-3-4;/h1-2,4,6-7,10,12H,3,5,8-9H2;2,4,7-8H,1,3,5-6H2;3-4,6H,2,5H2,1H3;1-2,4H,3H2,(H,12,13);1-3,13-14H;1-3H,(H,9,10);2-3H2,1H3;4,6H,1-3H2;1H. The van der Waals surface area contributed by atoms with Crippen LogP contribution in [0.4, 0.5) is 39.5 Å². The molecule has 0 bridgehead atoms. The zero-order valence-corrected chi connectivity index (χ0v) is 77.0. The summed E-state index contributed by atoms with van der Waals surface area (Å²) >= 11 is 34.4. The Bertz CT molecular complexity index is 5970. The topological polar surface area (TPSA) is 304 Å². The lowest BCUT2D eigenvalue weighted by molar-refractivity contribution is -0.144. The second kappa shape index (κ2) is 46.8. The molecule has 3 aliphatic rings. The molecule has 2 amide bonds. The van der Waals surface area contributed by atoms with Gasteiger partial charge in [0.1, 0.15) is 50.0 Å². The first-order valence-electron chi connectivity index (χ1n) is 35.3. The third-order valence-corrected chi connectivity index (χ3v) is 26.8. The molecule has 3 atom stereocenters. The van der Waals surface area contributed by atoms with Gasteiger partial charge in [-0.05, 0) is 169 Å². The first kappa shape index (κ1) is 101. The quantitative estimate of drug-likeness (QED) is 0.0310. The maximum atomic E-state index is 13.4. The number of carboxylic acids is 1. The number of aromatic nitrogens is 5. The van der Waals surface area contributed by atoms with Gasteiger partial charge in [-0.3, -0.25) is 47.9 Å². The van der Waals surface area contributed by atoms with Gasteiger partial charge in [-0.25, -0.2) is 13.2 Å². The SMILES string of the molecule is CCOC(=O)CBr.CCOC(=O)Cn1ccc2scc(Br)c2c1=O.Cl.FC1CCNC1.O=C(Cn1ccc2scc(-c3ccc(Cl)c(C(F)(F)F)c3)c2c1=O)N1CCC(F)C1.O=C(Cn1ccc2scc(Br)c2c1=O)N1CCC(F)C1.O=C(O)Cn1ccc2scc(Br)c2c1=O.O=c1[nH]ccc2scc(Br)c12.OB(O)c1ccc(Cl)c(C(F)(F)F)c1. The van der Waals surface area contributed by atoms with Gasteiger partial charge < -0.3 is 63.0 Å². The molecule has 2 aromatic carbocycles. The fraction of sp³-hybridized carbons (Fsp3) is 0.307. The summed E-state index contributed by atoms with van der Waals surface area (Å²) in [6.07, 6.45) is -2.57. The highest BCUT2D eigenvalue weighted by molar-refractivity contribution is 9.11. The Labute approximate surface area is 758 Å². The van der Waals surface area contributed by atoms with Crippen molar-refractivity contribution in [2.75, 3.05) is 57.8 Å². The number of likely N-dealkylation sites (tertiary alicyclic amines) is 2. The van der Waals surface area contributed by atoms with Crippen LogP contribution in [0, 0.1) is 0 Å². The lowest BCUT2D eigenvalue weighted by Gasteiger charge is -2.16. The number of alkyl halides is 10. The molecule has 3 unspecified atom stereocenters. The average molecular weight is 2170 g/mol. The van der Waals surface area contributed by atoms with Gasteiger partial charge in [-0.1, -0.05) is 51.3 Å². The minimum absolute atomic E-state index is 0. The van der Waals surface area contributed by atoms with Crippen molar-refractivity contribution >= 4 is 265 Å². The number of thiophene rings is 5. The zero-order chi connectivity index (χ0) is 88.2. The van der Waals surface area contributed by atoms with Crippen molar-refractivity contribution in [3.05, 3.63) is 215 Å². The third-order valence-electron chi connectivity index (χ3n) is 17.2. The Morgan fingerprint density at radius 1 is 0.529 bits per heavy atom. The number of hydrogen-bond acceptors (Lipinski definition) is 20. The largest absolute Gasteiger partial charge is 0.488 e. The van der Waals surface area contributed by atoms with Gasteiger partial charge in [-0.2, -0.15) is 26.3 Å². The summed E-state index contributed by atoms with van der Waals surface area (Å²) < 4.78 is 137. The average Bonchev–Trinajstić information content (AvgIpc) is 1.64. The number of fused-ring (bicyclic) bond motifs is 5. The summed E-state index contributed by atoms with van der Waals surface area (Å²) in [5, 5.41) is 40.0. The molecule has 13 heterocycles. The molecule has 3 aliphatic heterocycles. The highest BCUT2D eigenvalue weighted by Crippen LogP contribution is 2.40. The molecule has 650 valence electrons. The Morgan fingerprint density at radius 2 is 0.926 bits per heavy atom. The summed E-state index contributed by atoms with van der Waals surface area (Å²) in [7, 11) is -1.94. The van der Waals surface area contributed by atoms with Crippen LogP contribution in [0.5, 0.6) is 0 Å². The summed E-state index contributed by atoms with van der Waals surface area (Å²) in [5.74, 6) is -2.22. The van der Waals surface area contributed by atoms with E-state index in [1.54, 1.807) is 61.3 Å². The molecule has 10 aromatic heterocycles. The van der Waals surface area contributed by atoms with Crippen LogP contribution in [0.2, 0.25) is 10.0 Å². The van der Waals surface area contributed by atoms with Crippen molar-refractivity contribution in [1.82, 2.24) is 38.4 Å². The molecule has 3 saturated heterocycles. The molecule has 3 fully saturated rings. The molecular weight excluding hydrogens is 2100 g/mol. The van der Waals surface area contributed by atoms with Gasteiger partial charge in [0.05, 0.1) is 74.4 Å². The van der Waals surface area contributed by atoms with Crippen molar-refractivity contribution in [2.24, 2.45) is 0 Å². The number of carbonyl (C=O) groups is 5. The van der Waals surface area contributed by atoms with E-state index in [0.29, 0.717) is 88.0 Å². The minimum Gasteiger partial charge on any atom is -0.480 e. The fourth-order valence-corrected chi connectivity index (χ4v) is 19.4. The van der Waals surface area contributed by atoms with E-state index in [2.05, 4.69) is 94.7 Å². The lowest BCUT2D eigenvalue weighted by atomic mass is 9.79. The summed E-state index contributed by atoms with van der Waals surface area (Å²) in [4.78, 5) is 122. The minimum atomic E-state index is -4.63. The number of H-pyrrole nitrogens is 1. The number of aliphatic carboxylic acids is 1. The van der Waals surface area contributed by atoms with Crippen molar-refractivity contribution in [3.8, 4) is 11.1 Å². The second-order valence-electron chi connectivity index (χ2n) is 25.5. The molecule has 23 nitrogen and oxygen atoms in total. The molecule has 5 N–H and O–H groups in total. The Balaban J connectivity index is 0.000000198. The number of ether oxygens (including phenoxy) is 2. The number of nitrogens with zero attached hydrogens (tertiary/aromatic N) is 6. The van der Waals surface area contributed by atoms with E-state index in [0.717, 1.165) is 68.4 Å². The maximum absolute atomic E-state index is 13.4. The number of carboxylic acid groups (broad SMARTS) is 1. The number of pyridine rings is 5. The number of amides is 2. The molecule has 12 aromatic rings. The molecule has 0 radical (unpaired) electrons. The Hall–Kier alpha value is -7.08. The van der Waals surface area contributed by atoms with E-state index >= 15 is 0 Å². The van der Waals surface area contributed by atoms with E-state index in [9.17, 15) is 87.5 Å². The van der Waals surface area contributed by atoms with Crippen molar-refractivity contribution in [3.63, 3.8) is 0 Å². The lowest BCUT2D eigenvalue weighted by Crippen LogP contribution is -2.35. The zero-order valence-electron chi connectivity index (χ0n) is 62.7. The number of rotatable bonds is 13. The molecule has 15 rings (SSSR count). The van der Waals surface area contributed by atoms with Crippen LogP contribution in [0.1, 0.15) is 44.2 Å². The van der Waals surface area contributed by atoms with Crippen LogP contribution in [0.25, 0.3) is 61.6 Å². The molecule has 0 saturated carbocycles. The number of benzene rings is 2. The normalized spacial score (nSPS) is 14.7. The van der Waals surface area contributed by atoms with Crippen molar-refractivity contribution in [2.45, 2.75) is 90.2 Å². The fourth-order valence-electron chi connectivity index (χ4n) is 11.4. The summed E-state index contributed by atoms with van der Waals surface area (Å²) in [5.41, 5.74) is -2.93. The highest BCUT2D eigenvalue weighted by Gasteiger charge is 2.36. The Kier molecular flexibility index (Phi) is 39.0. The monoisotopic (exact) mass is 2160 g/mol. The van der Waals surface area contributed by atoms with Crippen molar-refractivity contribution < 1.29 is 88.1 Å². The first-order valence-corrected chi connectivity index (χ1v) is 44.7. The van der Waals surface area contributed by atoms with E-state index in [1.165, 1.54) is 91.9 Å². The number of nitrogens with one attached hydrogen (secondary N) is 2. The first-order chi connectivity index (χ1) is 56.7. The van der Waals surface area contributed by atoms with Gasteiger partial charge in [0.2, 0.25) is 11.8 Å². The van der Waals surface area contributed by atoms with E-state index in [1.807, 2.05) is 39.7 Å². The van der Waals surface area contributed by atoms with Crippen molar-refractivity contribution in [1.29, 1.82) is 0 Å². The van der Waals surface area contributed by atoms with Gasteiger partial charge in [0.25, 0.3) is 27.8 Å². The second-order valence-corrected chi connectivity index (χ2v) is 34.8. The van der Waals surface area contributed by atoms with Crippen LogP contribution < -0.4 is 38.6 Å². The van der Waals surface area contributed by atoms with Crippen LogP contribution in [-0.4, -0.2) is 161 Å². The predicted octanol–water partition coefficient (Wildman–Crippen LogP) is 16.7. The van der Waals surface area contributed by atoms with Gasteiger partial charge in [0.15, 0.2) is 0 Å². The molecule has 0 spiro atoms. The van der Waals surface area contributed by atoms with Crippen LogP contribution >= 0.6 is 172 Å². The molecule has 121 heavy (non-hydrogen) atoms. The van der Waals surface area contributed by atoms with E-state index in [4.69, 9.17) is 43.1 Å². The van der Waals surface area contributed by atoms with Crippen LogP contribution in [-0.2, 0) is 72.0 Å². The Morgan fingerprint density at radius 3 is 1.30 bits per heavy atom. The number of carbonyl (C=O) groups excluding carboxylic acids is 4. The highest BCUT2D eigenvalue weighted by atomic mass is 79.9. The van der Waals surface area contributed by atoms with Crippen LogP contribution in [0.3, 0.4) is 0 Å². The third kappa shape index (κ3) is 28.0. The van der Waals surface area contributed by atoms with Gasteiger partial charge in [-0.15, -0.1) is 69.1 Å². The number of aromatic amines is 1. The number of halogens is 17. The van der Waals surface area contributed by atoms with E-state index < -0.39 is 76.7 Å². The van der Waals surface area contributed by atoms with Gasteiger partial charge >= 0.3 is 37.4 Å². The molecule has 46 heteroatoms. The van der Waals surface area contributed by atoms with E-state index in [-0.39, 0.29) is 115 Å². The number of hydrogen-bond donors (Lipinski definition) is 5. The molecular formula is C75H68BBr5Cl3F9N8O15S5.